The molecule has 0 aromatic heterocycles. The highest BCUT2D eigenvalue weighted by molar-refractivity contribution is 5.71. The first kappa shape index (κ1) is 30.4. The number of non-ortho nitro benzene ring substituents is 1. The van der Waals surface area contributed by atoms with Gasteiger partial charge < -0.3 is 29.3 Å². The first-order valence-electron chi connectivity index (χ1n) is 14.9. The smallest absolute Gasteiger partial charge is 0.415 e. The molecule has 41 heavy (non-hydrogen) atoms. The maximum absolute atomic E-state index is 12.4. The molecule has 1 saturated carbocycles. The van der Waals surface area contributed by atoms with Crippen LogP contribution in [0.25, 0.3) is 0 Å². The molecular formula is C29H42N4O8. The monoisotopic (exact) mass is 574 g/mol. The first-order chi connectivity index (χ1) is 19.8. The average molecular weight is 575 g/mol. The van der Waals surface area contributed by atoms with Crippen molar-refractivity contribution in [2.24, 2.45) is 5.41 Å². The van der Waals surface area contributed by atoms with Crippen LogP contribution in [-0.2, 0) is 9.47 Å². The molecule has 12 heteroatoms. The molecule has 0 unspecified atom stereocenters. The largest absolute Gasteiger partial charge is 0.449 e. The fourth-order valence-electron chi connectivity index (χ4n) is 5.96. The minimum Gasteiger partial charge on any atom is -0.449 e. The molecule has 1 aliphatic carbocycles. The number of nitrogens with one attached hydrogen (secondary N) is 1. The molecule has 2 heterocycles. The molecule has 3 amide bonds. The van der Waals surface area contributed by atoms with Crippen molar-refractivity contribution in [3.8, 4) is 5.75 Å². The second-order valence-corrected chi connectivity index (χ2v) is 11.4. The highest BCUT2D eigenvalue weighted by atomic mass is 16.6. The number of carbonyl (C=O) groups excluding carboxylic acids is 3. The van der Waals surface area contributed by atoms with E-state index in [-0.39, 0.29) is 23.6 Å². The second kappa shape index (κ2) is 14.9. The fraction of sp³-hybridized carbons (Fsp3) is 0.690. The van der Waals surface area contributed by atoms with Gasteiger partial charge in [0.05, 0.1) is 11.5 Å². The van der Waals surface area contributed by atoms with Gasteiger partial charge in [0.15, 0.2) is 0 Å². The Morgan fingerprint density at radius 3 is 2.17 bits per heavy atom. The molecule has 4 rings (SSSR count). The van der Waals surface area contributed by atoms with Crippen LogP contribution < -0.4 is 10.1 Å². The predicted octanol–water partition coefficient (Wildman–Crippen LogP) is 5.64. The van der Waals surface area contributed by atoms with Gasteiger partial charge in [-0.05, 0) is 62.5 Å². The summed E-state index contributed by atoms with van der Waals surface area (Å²) in [5.74, 6) is 0.230. The summed E-state index contributed by atoms with van der Waals surface area (Å²) in [6.45, 7) is 3.33. The zero-order valence-corrected chi connectivity index (χ0v) is 23.7. The minimum atomic E-state index is -0.541. The number of hydrogen-bond donors (Lipinski definition) is 1. The highest BCUT2D eigenvalue weighted by Crippen LogP contribution is 2.46. The van der Waals surface area contributed by atoms with Crippen LogP contribution in [0.1, 0.15) is 77.0 Å². The third-order valence-electron chi connectivity index (χ3n) is 8.54. The summed E-state index contributed by atoms with van der Waals surface area (Å²) in [5, 5.41) is 13.5. The number of nitro benzene ring substituents is 1. The number of nitro groups is 1. The summed E-state index contributed by atoms with van der Waals surface area (Å²) < 4.78 is 16.2. The van der Waals surface area contributed by atoms with Crippen LogP contribution in [0.15, 0.2) is 24.3 Å². The maximum Gasteiger partial charge on any atom is 0.415 e. The number of likely N-dealkylation sites (tertiary alicyclic amines) is 2. The second-order valence-electron chi connectivity index (χ2n) is 11.4. The maximum atomic E-state index is 12.4. The molecule has 226 valence electrons. The van der Waals surface area contributed by atoms with Gasteiger partial charge >= 0.3 is 18.3 Å². The van der Waals surface area contributed by atoms with E-state index in [1.165, 1.54) is 54.8 Å². The zero-order chi connectivity index (χ0) is 29.1. The van der Waals surface area contributed by atoms with Crippen molar-refractivity contribution < 1.29 is 33.5 Å². The van der Waals surface area contributed by atoms with Gasteiger partial charge in [-0.25, -0.2) is 14.4 Å². The SMILES string of the molecule is O=C(NCCCCCCOC(=O)N1CCC2(CCCC2)CC1)OC1CCN(C(=O)Oc2ccc([N+](=O)[O-])cc2)CC1. The molecule has 1 spiro atoms. The molecule has 2 saturated heterocycles. The third kappa shape index (κ3) is 9.22. The van der Waals surface area contributed by atoms with Crippen molar-refractivity contribution in [1.82, 2.24) is 15.1 Å². The number of unbranched alkanes of at least 4 members (excludes halogenated alkanes) is 3. The molecular weight excluding hydrogens is 532 g/mol. The number of amides is 3. The van der Waals surface area contributed by atoms with Crippen molar-refractivity contribution in [3.05, 3.63) is 34.4 Å². The van der Waals surface area contributed by atoms with E-state index >= 15 is 0 Å². The van der Waals surface area contributed by atoms with Gasteiger partial charge in [-0.3, -0.25) is 10.1 Å². The normalized spacial score (nSPS) is 18.6. The minimum absolute atomic E-state index is 0.0802. The quantitative estimate of drug-likeness (QED) is 0.215. The summed E-state index contributed by atoms with van der Waals surface area (Å²) in [4.78, 5) is 50.4. The average Bonchev–Trinajstić information content (AvgIpc) is 3.43. The molecule has 0 radical (unpaired) electrons. The lowest BCUT2D eigenvalue weighted by molar-refractivity contribution is -0.384. The Labute approximate surface area is 240 Å². The van der Waals surface area contributed by atoms with Crippen LogP contribution in [0.3, 0.4) is 0 Å². The highest BCUT2D eigenvalue weighted by Gasteiger charge is 2.38. The Bertz CT molecular complexity index is 1030. The predicted molar refractivity (Wildman–Crippen MR) is 150 cm³/mol. The van der Waals surface area contributed by atoms with Gasteiger partial charge in [-0.15, -0.1) is 0 Å². The number of carbonyl (C=O) groups is 3. The Balaban J connectivity index is 0.981. The van der Waals surface area contributed by atoms with Crippen LogP contribution >= 0.6 is 0 Å². The third-order valence-corrected chi connectivity index (χ3v) is 8.54. The van der Waals surface area contributed by atoms with Crippen LogP contribution in [0, 0.1) is 15.5 Å². The van der Waals surface area contributed by atoms with Crippen LogP contribution in [-0.4, -0.2) is 78.4 Å². The van der Waals surface area contributed by atoms with E-state index in [1.807, 2.05) is 4.90 Å². The number of alkyl carbamates (subject to hydrolysis) is 1. The molecule has 1 N–H and O–H groups in total. The van der Waals surface area contributed by atoms with E-state index in [0.717, 1.165) is 51.6 Å². The van der Waals surface area contributed by atoms with Crippen molar-refractivity contribution in [1.29, 1.82) is 0 Å². The van der Waals surface area contributed by atoms with Crippen molar-refractivity contribution in [2.75, 3.05) is 39.3 Å². The number of hydrogen-bond acceptors (Lipinski definition) is 8. The van der Waals surface area contributed by atoms with Crippen molar-refractivity contribution >= 4 is 24.0 Å². The van der Waals surface area contributed by atoms with Crippen molar-refractivity contribution in [2.45, 2.75) is 83.2 Å². The lowest BCUT2D eigenvalue weighted by Gasteiger charge is -2.38. The van der Waals surface area contributed by atoms with Gasteiger partial charge in [0.2, 0.25) is 0 Å². The summed E-state index contributed by atoms with van der Waals surface area (Å²) in [7, 11) is 0. The van der Waals surface area contributed by atoms with Crippen molar-refractivity contribution in [3.63, 3.8) is 0 Å². The lowest BCUT2D eigenvalue weighted by Crippen LogP contribution is -2.43. The summed E-state index contributed by atoms with van der Waals surface area (Å²) in [5.41, 5.74) is 0.411. The van der Waals surface area contributed by atoms with Crippen LogP contribution in [0.4, 0.5) is 20.1 Å². The molecule has 1 aromatic rings. The van der Waals surface area contributed by atoms with Gasteiger partial charge in [0.1, 0.15) is 11.9 Å². The Hall–Kier alpha value is -3.57. The molecule has 1 aromatic carbocycles. The fourth-order valence-corrected chi connectivity index (χ4v) is 5.96. The molecule has 2 aliphatic heterocycles. The lowest BCUT2D eigenvalue weighted by atomic mass is 9.77. The van der Waals surface area contributed by atoms with E-state index in [2.05, 4.69) is 5.32 Å². The van der Waals surface area contributed by atoms with E-state index in [0.29, 0.717) is 44.5 Å². The Morgan fingerprint density at radius 2 is 1.51 bits per heavy atom. The van der Waals surface area contributed by atoms with Gasteiger partial charge in [0.25, 0.3) is 5.69 Å². The Morgan fingerprint density at radius 1 is 0.878 bits per heavy atom. The summed E-state index contributed by atoms with van der Waals surface area (Å²) in [6.07, 6.45) is 10.5. The van der Waals surface area contributed by atoms with Gasteiger partial charge in [-0.1, -0.05) is 19.3 Å². The summed E-state index contributed by atoms with van der Waals surface area (Å²) >= 11 is 0. The number of rotatable bonds is 10. The van der Waals surface area contributed by atoms with Crippen LogP contribution in [0.2, 0.25) is 0 Å². The first-order valence-corrected chi connectivity index (χ1v) is 14.9. The van der Waals surface area contributed by atoms with E-state index in [1.54, 1.807) is 0 Å². The van der Waals surface area contributed by atoms with Gasteiger partial charge in [-0.2, -0.15) is 0 Å². The topological polar surface area (TPSA) is 141 Å². The van der Waals surface area contributed by atoms with Crippen LogP contribution in [0.5, 0.6) is 5.75 Å². The number of piperidine rings is 2. The molecule has 12 nitrogen and oxygen atoms in total. The van der Waals surface area contributed by atoms with E-state index in [4.69, 9.17) is 14.2 Å². The number of benzene rings is 1. The molecule has 3 fully saturated rings. The zero-order valence-electron chi connectivity index (χ0n) is 23.7. The Kier molecular flexibility index (Phi) is 11.0. The molecule has 0 atom stereocenters. The van der Waals surface area contributed by atoms with Gasteiger partial charge in [0, 0.05) is 57.7 Å². The molecule has 0 bridgehead atoms. The van der Waals surface area contributed by atoms with E-state index in [9.17, 15) is 24.5 Å². The summed E-state index contributed by atoms with van der Waals surface area (Å²) in [6, 6.07) is 5.31. The standard InChI is InChI=1S/C29H42N4O8/c34-26(40-25-11-18-31(19-12-25)28(36)41-24-9-7-23(8-10-24)33(37)38)30-17-5-1-2-6-22-39-27(35)32-20-15-29(16-21-32)13-3-4-14-29/h7-10,25H,1-6,11-22H2,(H,30,34). The molecule has 3 aliphatic rings. The van der Waals surface area contributed by atoms with E-state index < -0.39 is 17.1 Å². The number of nitrogens with zero attached hydrogens (tertiary/aromatic N) is 3. The number of ether oxygens (including phenoxy) is 3.